The third-order valence-corrected chi connectivity index (χ3v) is 2.95. The summed E-state index contributed by atoms with van der Waals surface area (Å²) in [6.07, 6.45) is 1.78. The Balaban J connectivity index is 1.92. The fourth-order valence-corrected chi connectivity index (χ4v) is 2.12. The third-order valence-electron chi connectivity index (χ3n) is 2.95. The van der Waals surface area contributed by atoms with Gasteiger partial charge in [-0.3, -0.25) is 0 Å². The van der Waals surface area contributed by atoms with Crippen LogP contribution in [0.3, 0.4) is 0 Å². The molecule has 0 spiro atoms. The molecule has 0 radical (unpaired) electrons. The first-order valence-electron chi connectivity index (χ1n) is 5.95. The Kier molecular flexibility index (Phi) is 2.83. The highest BCUT2D eigenvalue weighted by Crippen LogP contribution is 2.29. The minimum Gasteiger partial charge on any atom is -0.368 e. The molecule has 0 amide bonds. The SMILES string of the molecule is Cc1cc(F)cc(-c2noc([C@H]3CCCO3)n2)c1. The van der Waals surface area contributed by atoms with Crippen molar-refractivity contribution < 1.29 is 13.7 Å². The number of benzene rings is 1. The molecule has 94 valence electrons. The molecule has 0 N–H and O–H groups in total. The van der Waals surface area contributed by atoms with E-state index in [9.17, 15) is 4.39 Å². The second-order valence-corrected chi connectivity index (χ2v) is 4.48. The summed E-state index contributed by atoms with van der Waals surface area (Å²) < 4.78 is 23.9. The van der Waals surface area contributed by atoms with Crippen LogP contribution in [0.25, 0.3) is 11.4 Å². The summed E-state index contributed by atoms with van der Waals surface area (Å²) in [5.41, 5.74) is 1.45. The van der Waals surface area contributed by atoms with Crippen LogP contribution in [0.2, 0.25) is 0 Å². The normalized spacial score (nSPS) is 19.3. The molecule has 1 atom stereocenters. The first kappa shape index (κ1) is 11.3. The van der Waals surface area contributed by atoms with Crippen molar-refractivity contribution in [3.05, 3.63) is 35.5 Å². The van der Waals surface area contributed by atoms with E-state index in [2.05, 4.69) is 10.1 Å². The monoisotopic (exact) mass is 248 g/mol. The van der Waals surface area contributed by atoms with Gasteiger partial charge in [0.2, 0.25) is 5.82 Å². The van der Waals surface area contributed by atoms with E-state index in [1.54, 1.807) is 0 Å². The molecule has 4 nitrogen and oxygen atoms in total. The molecule has 1 aromatic carbocycles. The molecule has 1 saturated heterocycles. The topological polar surface area (TPSA) is 48.2 Å². The zero-order valence-corrected chi connectivity index (χ0v) is 10.0. The largest absolute Gasteiger partial charge is 0.368 e. The van der Waals surface area contributed by atoms with Gasteiger partial charge in [-0.15, -0.1) is 0 Å². The fraction of sp³-hybridized carbons (Fsp3) is 0.385. The van der Waals surface area contributed by atoms with E-state index in [0.717, 1.165) is 25.0 Å². The number of hydrogen-bond acceptors (Lipinski definition) is 4. The van der Waals surface area contributed by atoms with Gasteiger partial charge in [0.25, 0.3) is 5.89 Å². The maximum absolute atomic E-state index is 13.3. The van der Waals surface area contributed by atoms with Crippen molar-refractivity contribution >= 4 is 0 Å². The lowest BCUT2D eigenvalue weighted by atomic mass is 10.1. The Morgan fingerprint density at radius 3 is 2.94 bits per heavy atom. The zero-order chi connectivity index (χ0) is 12.5. The number of hydrogen-bond donors (Lipinski definition) is 0. The smallest absolute Gasteiger partial charge is 0.256 e. The molecule has 1 aliphatic heterocycles. The molecule has 0 bridgehead atoms. The van der Waals surface area contributed by atoms with Gasteiger partial charge in [0.1, 0.15) is 11.9 Å². The van der Waals surface area contributed by atoms with Crippen molar-refractivity contribution in [2.45, 2.75) is 25.9 Å². The van der Waals surface area contributed by atoms with Crippen molar-refractivity contribution in [2.75, 3.05) is 6.61 Å². The van der Waals surface area contributed by atoms with E-state index in [0.29, 0.717) is 17.3 Å². The van der Waals surface area contributed by atoms with Crippen molar-refractivity contribution in [1.82, 2.24) is 10.1 Å². The number of nitrogens with zero attached hydrogens (tertiary/aromatic N) is 2. The Bertz CT molecular complexity index is 542. The van der Waals surface area contributed by atoms with E-state index >= 15 is 0 Å². The predicted molar refractivity (Wildman–Crippen MR) is 62.4 cm³/mol. The molecule has 5 heteroatoms. The number of halogens is 1. The van der Waals surface area contributed by atoms with Gasteiger partial charge in [-0.1, -0.05) is 5.16 Å². The van der Waals surface area contributed by atoms with Crippen LogP contribution < -0.4 is 0 Å². The van der Waals surface area contributed by atoms with Gasteiger partial charge in [0, 0.05) is 12.2 Å². The lowest BCUT2D eigenvalue weighted by molar-refractivity contribution is 0.0835. The Labute approximate surface area is 104 Å². The lowest BCUT2D eigenvalue weighted by Crippen LogP contribution is -1.95. The van der Waals surface area contributed by atoms with Crippen LogP contribution in [-0.4, -0.2) is 16.7 Å². The standard InChI is InChI=1S/C13H13FN2O2/c1-8-5-9(7-10(14)6-8)12-15-13(18-16-12)11-3-2-4-17-11/h5-7,11H,2-4H2,1H3/t11-/m1/s1. The molecule has 3 rings (SSSR count). The number of rotatable bonds is 2. The molecule has 1 fully saturated rings. The van der Waals surface area contributed by atoms with Gasteiger partial charge in [-0.05, 0) is 43.5 Å². The van der Waals surface area contributed by atoms with Crippen LogP contribution in [0.5, 0.6) is 0 Å². The van der Waals surface area contributed by atoms with Gasteiger partial charge < -0.3 is 9.26 Å². The molecule has 1 aliphatic rings. The maximum Gasteiger partial charge on any atom is 0.256 e. The molecule has 18 heavy (non-hydrogen) atoms. The van der Waals surface area contributed by atoms with Crippen LogP contribution in [-0.2, 0) is 4.74 Å². The van der Waals surface area contributed by atoms with Gasteiger partial charge in [0.05, 0.1) is 0 Å². The lowest BCUT2D eigenvalue weighted by Gasteiger charge is -2.00. The second-order valence-electron chi connectivity index (χ2n) is 4.48. The molecule has 0 unspecified atom stereocenters. The summed E-state index contributed by atoms with van der Waals surface area (Å²) in [5.74, 6) is 0.584. The highest BCUT2D eigenvalue weighted by atomic mass is 19.1. The second kappa shape index (κ2) is 4.49. The van der Waals surface area contributed by atoms with Crippen LogP contribution in [0.15, 0.2) is 22.7 Å². The van der Waals surface area contributed by atoms with E-state index in [1.807, 2.05) is 13.0 Å². The average Bonchev–Trinajstić information content (AvgIpc) is 2.99. The van der Waals surface area contributed by atoms with Crippen molar-refractivity contribution in [3.63, 3.8) is 0 Å². The van der Waals surface area contributed by atoms with Crippen LogP contribution in [0.1, 0.15) is 30.4 Å². The van der Waals surface area contributed by atoms with Gasteiger partial charge >= 0.3 is 0 Å². The number of aryl methyl sites for hydroxylation is 1. The highest BCUT2D eigenvalue weighted by Gasteiger charge is 2.24. The van der Waals surface area contributed by atoms with Crippen molar-refractivity contribution in [1.29, 1.82) is 0 Å². The van der Waals surface area contributed by atoms with E-state index in [-0.39, 0.29) is 11.9 Å². The van der Waals surface area contributed by atoms with Crippen molar-refractivity contribution in [3.8, 4) is 11.4 Å². The minimum atomic E-state index is -0.298. The first-order valence-corrected chi connectivity index (χ1v) is 5.95. The summed E-state index contributed by atoms with van der Waals surface area (Å²) in [6, 6.07) is 4.69. The van der Waals surface area contributed by atoms with Crippen LogP contribution in [0, 0.1) is 12.7 Å². The van der Waals surface area contributed by atoms with Gasteiger partial charge in [-0.2, -0.15) is 4.98 Å². The van der Waals surface area contributed by atoms with E-state index in [1.165, 1.54) is 12.1 Å². The average molecular weight is 248 g/mol. The maximum atomic E-state index is 13.3. The van der Waals surface area contributed by atoms with E-state index in [4.69, 9.17) is 9.26 Å². The summed E-state index contributed by atoms with van der Waals surface area (Å²) >= 11 is 0. The summed E-state index contributed by atoms with van der Waals surface area (Å²) in [7, 11) is 0. The number of aromatic nitrogens is 2. The summed E-state index contributed by atoms with van der Waals surface area (Å²) in [4.78, 5) is 4.28. The van der Waals surface area contributed by atoms with Crippen LogP contribution in [0.4, 0.5) is 4.39 Å². The Hall–Kier alpha value is -1.75. The minimum absolute atomic E-state index is 0.110. The zero-order valence-electron chi connectivity index (χ0n) is 10.0. The number of ether oxygens (including phenoxy) is 1. The summed E-state index contributed by atoms with van der Waals surface area (Å²) in [6.45, 7) is 2.55. The molecular formula is C13H13FN2O2. The predicted octanol–water partition coefficient (Wildman–Crippen LogP) is 3.04. The molecule has 0 aliphatic carbocycles. The molecule has 2 heterocycles. The fourth-order valence-electron chi connectivity index (χ4n) is 2.12. The van der Waals surface area contributed by atoms with Gasteiger partial charge in [0.15, 0.2) is 0 Å². The quantitative estimate of drug-likeness (QED) is 0.819. The third kappa shape index (κ3) is 2.13. The Morgan fingerprint density at radius 1 is 1.33 bits per heavy atom. The molecule has 0 saturated carbocycles. The highest BCUT2D eigenvalue weighted by molar-refractivity contribution is 5.55. The van der Waals surface area contributed by atoms with Crippen LogP contribution >= 0.6 is 0 Å². The molecule has 1 aromatic heterocycles. The van der Waals surface area contributed by atoms with E-state index < -0.39 is 0 Å². The van der Waals surface area contributed by atoms with Gasteiger partial charge in [-0.25, -0.2) is 4.39 Å². The van der Waals surface area contributed by atoms with Crippen molar-refractivity contribution in [2.24, 2.45) is 0 Å². The first-order chi connectivity index (χ1) is 8.72. The summed E-state index contributed by atoms with van der Waals surface area (Å²) in [5, 5.41) is 3.88. The Morgan fingerprint density at radius 2 is 2.22 bits per heavy atom. The molecular weight excluding hydrogens is 235 g/mol. The molecule has 2 aromatic rings.